The van der Waals surface area contributed by atoms with Crippen molar-refractivity contribution in [3.63, 3.8) is 0 Å². The van der Waals surface area contributed by atoms with Gasteiger partial charge in [-0.2, -0.15) is 0 Å². The number of carbonyl (C=O) groups excluding carboxylic acids is 1. The summed E-state index contributed by atoms with van der Waals surface area (Å²) >= 11 is 0. The molecule has 0 radical (unpaired) electrons. The third-order valence-corrected chi connectivity index (χ3v) is 4.68. The molecular formula is C20H33N3O. The van der Waals surface area contributed by atoms with Crippen LogP contribution in [0.4, 0.5) is 10.5 Å². The lowest BCUT2D eigenvalue weighted by molar-refractivity contribution is 0.181. The molecule has 0 bridgehead atoms. The maximum absolute atomic E-state index is 11.9. The smallest absolute Gasteiger partial charge is 0.319 e. The number of urea groups is 1. The van der Waals surface area contributed by atoms with Gasteiger partial charge in [0.2, 0.25) is 0 Å². The second kappa shape index (κ2) is 10.3. The second-order valence-electron chi connectivity index (χ2n) is 7.08. The van der Waals surface area contributed by atoms with Gasteiger partial charge in [-0.3, -0.25) is 0 Å². The summed E-state index contributed by atoms with van der Waals surface area (Å²) in [7, 11) is 0. The first kappa shape index (κ1) is 18.8. The molecule has 1 aromatic carbocycles. The zero-order valence-corrected chi connectivity index (χ0v) is 15.3. The van der Waals surface area contributed by atoms with Gasteiger partial charge in [0.25, 0.3) is 0 Å². The number of likely N-dealkylation sites (tertiary alicyclic amines) is 1. The summed E-state index contributed by atoms with van der Waals surface area (Å²) in [4.78, 5) is 14.5. The van der Waals surface area contributed by atoms with Crippen LogP contribution in [0.25, 0.3) is 0 Å². The first-order chi connectivity index (χ1) is 11.7. The molecule has 4 nitrogen and oxygen atoms in total. The van der Waals surface area contributed by atoms with E-state index in [-0.39, 0.29) is 6.03 Å². The third kappa shape index (κ3) is 6.91. The van der Waals surface area contributed by atoms with Crippen LogP contribution in [0, 0.1) is 5.92 Å². The number of hydrogen-bond acceptors (Lipinski definition) is 2. The zero-order chi connectivity index (χ0) is 17.2. The Morgan fingerprint density at radius 1 is 1.25 bits per heavy atom. The van der Waals surface area contributed by atoms with Crippen molar-refractivity contribution in [2.24, 2.45) is 5.92 Å². The highest BCUT2D eigenvalue weighted by atomic mass is 16.2. The molecule has 1 atom stereocenters. The Morgan fingerprint density at radius 2 is 2.04 bits per heavy atom. The van der Waals surface area contributed by atoms with Crippen molar-refractivity contribution in [2.45, 2.75) is 52.4 Å². The monoisotopic (exact) mass is 331 g/mol. The molecule has 0 aromatic heterocycles. The van der Waals surface area contributed by atoms with Gasteiger partial charge < -0.3 is 15.5 Å². The van der Waals surface area contributed by atoms with E-state index in [0.29, 0.717) is 0 Å². The van der Waals surface area contributed by atoms with E-state index in [1.165, 1.54) is 31.5 Å². The summed E-state index contributed by atoms with van der Waals surface area (Å²) < 4.78 is 0. The van der Waals surface area contributed by atoms with E-state index in [9.17, 15) is 4.79 Å². The fourth-order valence-corrected chi connectivity index (χ4v) is 3.37. The molecule has 0 aliphatic carbocycles. The van der Waals surface area contributed by atoms with Gasteiger partial charge in [0, 0.05) is 18.8 Å². The lowest BCUT2D eigenvalue weighted by Crippen LogP contribution is -2.35. The SMILES string of the molecule is CCCc1ccc(NC(=O)NCCCCN2CCCC(C)C2)cc1. The molecule has 4 heteroatoms. The van der Waals surface area contributed by atoms with Gasteiger partial charge >= 0.3 is 6.03 Å². The lowest BCUT2D eigenvalue weighted by Gasteiger charge is -2.30. The van der Waals surface area contributed by atoms with Gasteiger partial charge in [0.1, 0.15) is 0 Å². The van der Waals surface area contributed by atoms with Gasteiger partial charge in [-0.25, -0.2) is 4.79 Å². The van der Waals surface area contributed by atoms with E-state index in [0.717, 1.165) is 50.4 Å². The van der Waals surface area contributed by atoms with Crippen molar-refractivity contribution < 1.29 is 4.79 Å². The van der Waals surface area contributed by atoms with Crippen molar-refractivity contribution in [3.05, 3.63) is 29.8 Å². The summed E-state index contributed by atoms with van der Waals surface area (Å²) in [5.41, 5.74) is 2.17. The number of benzene rings is 1. The number of carbonyl (C=O) groups is 1. The number of rotatable bonds is 8. The Bertz CT molecular complexity index is 486. The molecule has 1 fully saturated rings. The molecule has 1 unspecified atom stereocenters. The minimum absolute atomic E-state index is 0.107. The molecular weight excluding hydrogens is 298 g/mol. The van der Waals surface area contributed by atoms with Gasteiger partial charge in [-0.15, -0.1) is 0 Å². The number of hydrogen-bond donors (Lipinski definition) is 2. The summed E-state index contributed by atoms with van der Waals surface area (Å²) in [6.45, 7) is 8.89. The molecule has 2 N–H and O–H groups in total. The van der Waals surface area contributed by atoms with E-state index in [1.807, 2.05) is 12.1 Å². The topological polar surface area (TPSA) is 44.4 Å². The van der Waals surface area contributed by atoms with Crippen LogP contribution in [0.1, 0.15) is 51.5 Å². The standard InChI is InChI=1S/C20H33N3O/c1-3-7-18-9-11-19(12-10-18)22-20(24)21-13-4-5-14-23-15-6-8-17(2)16-23/h9-12,17H,3-8,13-16H2,1-2H3,(H2,21,22,24). The van der Waals surface area contributed by atoms with Gasteiger partial charge in [0.15, 0.2) is 0 Å². The Kier molecular flexibility index (Phi) is 8.10. The van der Waals surface area contributed by atoms with E-state index < -0.39 is 0 Å². The minimum atomic E-state index is -0.107. The van der Waals surface area contributed by atoms with Crippen LogP contribution in [0.5, 0.6) is 0 Å². The molecule has 2 rings (SSSR count). The van der Waals surface area contributed by atoms with Crippen molar-refractivity contribution >= 4 is 11.7 Å². The molecule has 1 heterocycles. The summed E-state index contributed by atoms with van der Waals surface area (Å²) in [6.07, 6.45) is 7.12. The van der Waals surface area contributed by atoms with E-state index >= 15 is 0 Å². The second-order valence-corrected chi connectivity index (χ2v) is 7.08. The highest BCUT2D eigenvalue weighted by molar-refractivity contribution is 5.89. The predicted molar refractivity (Wildman–Crippen MR) is 102 cm³/mol. The van der Waals surface area contributed by atoms with Crippen molar-refractivity contribution in [1.82, 2.24) is 10.2 Å². The quantitative estimate of drug-likeness (QED) is 0.699. The van der Waals surface area contributed by atoms with Crippen LogP contribution in [-0.2, 0) is 6.42 Å². The molecule has 1 aliphatic heterocycles. The summed E-state index contributed by atoms with van der Waals surface area (Å²) in [5, 5.41) is 5.85. The highest BCUT2D eigenvalue weighted by Gasteiger charge is 2.15. The minimum Gasteiger partial charge on any atom is -0.338 e. The van der Waals surface area contributed by atoms with Gasteiger partial charge in [-0.1, -0.05) is 32.4 Å². The number of nitrogens with one attached hydrogen (secondary N) is 2. The zero-order valence-electron chi connectivity index (χ0n) is 15.3. The van der Waals surface area contributed by atoms with Crippen LogP contribution in [-0.4, -0.2) is 37.1 Å². The summed E-state index contributed by atoms with van der Waals surface area (Å²) in [6, 6.07) is 8.01. The largest absolute Gasteiger partial charge is 0.338 e. The normalized spacial score (nSPS) is 18.3. The van der Waals surface area contributed by atoms with Crippen LogP contribution in [0.2, 0.25) is 0 Å². The Hall–Kier alpha value is -1.55. The Balaban J connectivity index is 1.56. The maximum atomic E-state index is 11.9. The van der Waals surface area contributed by atoms with E-state index in [2.05, 4.69) is 41.5 Å². The van der Waals surface area contributed by atoms with E-state index in [4.69, 9.17) is 0 Å². The fraction of sp³-hybridized carbons (Fsp3) is 0.650. The van der Waals surface area contributed by atoms with E-state index in [1.54, 1.807) is 0 Å². The van der Waals surface area contributed by atoms with Crippen LogP contribution in [0.15, 0.2) is 24.3 Å². The Labute approximate surface area is 147 Å². The number of unbranched alkanes of at least 4 members (excludes halogenated alkanes) is 1. The van der Waals surface area contributed by atoms with Crippen LogP contribution in [0.3, 0.4) is 0 Å². The van der Waals surface area contributed by atoms with Gasteiger partial charge in [0.05, 0.1) is 0 Å². The Morgan fingerprint density at radius 3 is 2.75 bits per heavy atom. The average Bonchev–Trinajstić information content (AvgIpc) is 2.57. The lowest BCUT2D eigenvalue weighted by atomic mass is 10.0. The van der Waals surface area contributed by atoms with Crippen molar-refractivity contribution in [2.75, 3.05) is 31.5 Å². The maximum Gasteiger partial charge on any atom is 0.319 e. The first-order valence-corrected chi connectivity index (χ1v) is 9.53. The molecule has 1 saturated heterocycles. The highest BCUT2D eigenvalue weighted by Crippen LogP contribution is 2.15. The average molecular weight is 332 g/mol. The molecule has 24 heavy (non-hydrogen) atoms. The molecule has 1 aromatic rings. The predicted octanol–water partition coefficient (Wildman–Crippen LogP) is 4.27. The fourth-order valence-electron chi connectivity index (χ4n) is 3.37. The molecule has 0 saturated carbocycles. The van der Waals surface area contributed by atoms with Crippen LogP contribution < -0.4 is 10.6 Å². The number of nitrogens with zero attached hydrogens (tertiary/aromatic N) is 1. The third-order valence-electron chi connectivity index (χ3n) is 4.68. The molecule has 0 spiro atoms. The van der Waals surface area contributed by atoms with Crippen molar-refractivity contribution in [3.8, 4) is 0 Å². The number of amides is 2. The van der Waals surface area contributed by atoms with Crippen molar-refractivity contribution in [1.29, 1.82) is 0 Å². The van der Waals surface area contributed by atoms with Gasteiger partial charge in [-0.05, 0) is 68.8 Å². The molecule has 134 valence electrons. The first-order valence-electron chi connectivity index (χ1n) is 9.53. The number of aryl methyl sites for hydroxylation is 1. The molecule has 1 aliphatic rings. The van der Waals surface area contributed by atoms with Crippen LogP contribution >= 0.6 is 0 Å². The number of piperidine rings is 1. The summed E-state index contributed by atoms with van der Waals surface area (Å²) in [5.74, 6) is 0.839. The molecule has 2 amide bonds. The number of anilines is 1.